The van der Waals surface area contributed by atoms with E-state index in [0.717, 1.165) is 41.4 Å². The molecule has 9 heteroatoms. The molecule has 3 aromatic rings. The number of nitrogens with one attached hydrogen (secondary N) is 2. The Bertz CT molecular complexity index is 1030. The van der Waals surface area contributed by atoms with Crippen molar-refractivity contribution in [2.75, 3.05) is 24.1 Å². The first-order valence-electron chi connectivity index (χ1n) is 10.4. The summed E-state index contributed by atoms with van der Waals surface area (Å²) in [6.45, 7) is 5.79. The van der Waals surface area contributed by atoms with Gasteiger partial charge >= 0.3 is 0 Å². The van der Waals surface area contributed by atoms with Crippen LogP contribution in [-0.2, 0) is 0 Å². The Morgan fingerprint density at radius 1 is 1.13 bits per heavy atom. The molecule has 1 saturated heterocycles. The molecular formula is C22H27N7OS. The largest absolute Gasteiger partial charge is 0.368 e. The maximum absolute atomic E-state index is 12.4. The molecule has 8 nitrogen and oxygen atoms in total. The number of aryl methyl sites for hydroxylation is 1. The van der Waals surface area contributed by atoms with Gasteiger partial charge in [0, 0.05) is 29.7 Å². The number of nitrogens with zero attached hydrogens (tertiary/aromatic N) is 4. The molecule has 1 fully saturated rings. The van der Waals surface area contributed by atoms with E-state index in [4.69, 9.17) is 5.73 Å². The van der Waals surface area contributed by atoms with Crippen molar-refractivity contribution in [1.29, 1.82) is 0 Å². The van der Waals surface area contributed by atoms with Crippen molar-refractivity contribution in [3.8, 4) is 0 Å². The van der Waals surface area contributed by atoms with Crippen molar-refractivity contribution in [2.24, 2.45) is 0 Å². The van der Waals surface area contributed by atoms with Crippen LogP contribution in [-0.4, -0.2) is 44.9 Å². The minimum atomic E-state index is -0.00165. The number of para-hydroxylation sites is 1. The zero-order chi connectivity index (χ0) is 21.8. The summed E-state index contributed by atoms with van der Waals surface area (Å²) in [5.41, 5.74) is 6.84. The number of nitrogens with two attached hydrogens (primary N) is 1. The molecular weight excluding hydrogens is 410 g/mol. The lowest BCUT2D eigenvalue weighted by Gasteiger charge is -2.35. The van der Waals surface area contributed by atoms with Crippen molar-refractivity contribution < 1.29 is 4.79 Å². The molecule has 0 bridgehead atoms. The average molecular weight is 438 g/mol. The molecule has 0 saturated carbocycles. The topological polar surface area (TPSA) is 109 Å². The van der Waals surface area contributed by atoms with Gasteiger partial charge in [-0.15, -0.1) is 11.3 Å². The number of thiophene rings is 1. The summed E-state index contributed by atoms with van der Waals surface area (Å²) < 4.78 is 0. The van der Waals surface area contributed by atoms with Crippen molar-refractivity contribution in [2.45, 2.75) is 38.8 Å². The highest BCUT2D eigenvalue weighted by Gasteiger charge is 2.27. The van der Waals surface area contributed by atoms with Gasteiger partial charge in [0.15, 0.2) is 5.82 Å². The Morgan fingerprint density at radius 3 is 2.55 bits per heavy atom. The highest BCUT2D eigenvalue weighted by molar-refractivity contribution is 7.13. The van der Waals surface area contributed by atoms with Crippen molar-refractivity contribution >= 4 is 34.8 Å². The number of likely N-dealkylation sites (tertiary alicyclic amines) is 1. The molecule has 4 N–H and O–H groups in total. The monoisotopic (exact) mass is 437 g/mol. The van der Waals surface area contributed by atoms with Gasteiger partial charge in [0.05, 0.1) is 10.9 Å². The van der Waals surface area contributed by atoms with Crippen molar-refractivity contribution in [3.63, 3.8) is 0 Å². The first-order chi connectivity index (χ1) is 15.0. The SMILES string of the molecule is Cc1ccc(C(=O)NC2CCN(C(C)c3nc(N)nc(Nc4ccccc4)n3)CC2)s1. The van der Waals surface area contributed by atoms with Crippen LogP contribution in [0.5, 0.6) is 0 Å². The number of hydrogen-bond donors (Lipinski definition) is 3. The standard InChI is InChI=1S/C22H27N7OS/c1-14-8-9-18(31-14)20(30)24-17-10-12-29(13-11-17)15(2)19-26-21(23)28-22(27-19)25-16-6-4-3-5-7-16/h3-9,15,17H,10-13H2,1-2H3,(H,24,30)(H3,23,25,26,27,28). The van der Waals surface area contributed by atoms with Crippen LogP contribution in [0.25, 0.3) is 0 Å². The van der Waals surface area contributed by atoms with Crippen LogP contribution in [0.4, 0.5) is 17.6 Å². The van der Waals surface area contributed by atoms with Crippen LogP contribution in [0.2, 0.25) is 0 Å². The number of carbonyl (C=O) groups is 1. The fraction of sp³-hybridized carbons (Fsp3) is 0.364. The zero-order valence-corrected chi connectivity index (χ0v) is 18.5. The molecule has 1 aromatic carbocycles. The number of carbonyl (C=O) groups excluding carboxylic acids is 1. The number of nitrogen functional groups attached to an aromatic ring is 1. The molecule has 2 aromatic heterocycles. The Morgan fingerprint density at radius 2 is 1.87 bits per heavy atom. The van der Waals surface area contributed by atoms with Gasteiger partial charge in [-0.2, -0.15) is 15.0 Å². The van der Waals surface area contributed by atoms with E-state index in [2.05, 4.69) is 37.4 Å². The zero-order valence-electron chi connectivity index (χ0n) is 17.7. The normalized spacial score (nSPS) is 16.1. The third-order valence-corrected chi connectivity index (χ3v) is 6.45. The average Bonchev–Trinajstić information content (AvgIpc) is 3.20. The Labute approximate surface area is 185 Å². The number of anilines is 3. The molecule has 1 aliphatic rings. The van der Waals surface area contributed by atoms with Gasteiger partial charge in [-0.1, -0.05) is 18.2 Å². The quantitative estimate of drug-likeness (QED) is 0.541. The van der Waals surface area contributed by atoms with Crippen LogP contribution >= 0.6 is 11.3 Å². The first kappa shape index (κ1) is 21.2. The van der Waals surface area contributed by atoms with Crippen LogP contribution in [0.15, 0.2) is 42.5 Å². The van der Waals surface area contributed by atoms with Gasteiger partial charge in [-0.25, -0.2) is 0 Å². The maximum atomic E-state index is 12.4. The van der Waals surface area contributed by atoms with Gasteiger partial charge in [-0.3, -0.25) is 9.69 Å². The second kappa shape index (κ2) is 9.40. The van der Waals surface area contributed by atoms with Gasteiger partial charge in [-0.05, 0) is 51.0 Å². The molecule has 0 spiro atoms. The minimum Gasteiger partial charge on any atom is -0.368 e. The summed E-state index contributed by atoms with van der Waals surface area (Å²) in [5.74, 6) is 1.30. The van der Waals surface area contributed by atoms with E-state index in [0.29, 0.717) is 11.8 Å². The highest BCUT2D eigenvalue weighted by Crippen LogP contribution is 2.24. The number of amides is 1. The lowest BCUT2D eigenvalue weighted by molar-refractivity contribution is 0.0897. The van der Waals surface area contributed by atoms with Crippen molar-refractivity contribution in [3.05, 3.63) is 58.0 Å². The predicted molar refractivity (Wildman–Crippen MR) is 123 cm³/mol. The summed E-state index contributed by atoms with van der Waals surface area (Å²) >= 11 is 1.53. The van der Waals surface area contributed by atoms with E-state index in [1.807, 2.05) is 49.4 Å². The van der Waals surface area contributed by atoms with E-state index >= 15 is 0 Å². The Hall–Kier alpha value is -3.04. The summed E-state index contributed by atoms with van der Waals surface area (Å²) in [6.07, 6.45) is 1.77. The lowest BCUT2D eigenvalue weighted by atomic mass is 10.0. The summed E-state index contributed by atoms with van der Waals surface area (Å²) in [7, 11) is 0. The third-order valence-electron chi connectivity index (χ3n) is 5.45. The summed E-state index contributed by atoms with van der Waals surface area (Å²) in [6, 6.07) is 13.8. The number of rotatable bonds is 6. The van der Waals surface area contributed by atoms with Gasteiger partial charge in [0.25, 0.3) is 5.91 Å². The molecule has 162 valence electrons. The van der Waals surface area contributed by atoms with Crippen LogP contribution in [0, 0.1) is 6.92 Å². The molecule has 31 heavy (non-hydrogen) atoms. The van der Waals surface area contributed by atoms with Crippen LogP contribution in [0.3, 0.4) is 0 Å². The number of benzene rings is 1. The molecule has 4 rings (SSSR count). The maximum Gasteiger partial charge on any atom is 0.261 e. The fourth-order valence-electron chi connectivity index (χ4n) is 3.71. The van der Waals surface area contributed by atoms with E-state index in [1.165, 1.54) is 11.3 Å². The second-order valence-electron chi connectivity index (χ2n) is 7.74. The smallest absolute Gasteiger partial charge is 0.261 e. The number of aromatic nitrogens is 3. The van der Waals surface area contributed by atoms with Gasteiger partial charge in [0.2, 0.25) is 11.9 Å². The molecule has 1 atom stereocenters. The van der Waals surface area contributed by atoms with E-state index in [1.54, 1.807) is 0 Å². The lowest BCUT2D eigenvalue weighted by Crippen LogP contribution is -2.45. The summed E-state index contributed by atoms with van der Waals surface area (Å²) in [4.78, 5) is 29.8. The van der Waals surface area contributed by atoms with E-state index in [-0.39, 0.29) is 23.9 Å². The number of piperidine rings is 1. The fourth-order valence-corrected chi connectivity index (χ4v) is 4.48. The van der Waals surface area contributed by atoms with Crippen molar-refractivity contribution in [1.82, 2.24) is 25.2 Å². The van der Waals surface area contributed by atoms with Gasteiger partial charge < -0.3 is 16.4 Å². The Balaban J connectivity index is 1.36. The van der Waals surface area contributed by atoms with Crippen LogP contribution in [0.1, 0.15) is 46.2 Å². The minimum absolute atomic E-state index is 0.00165. The molecule has 1 unspecified atom stereocenters. The van der Waals surface area contributed by atoms with E-state index < -0.39 is 0 Å². The predicted octanol–water partition coefficient (Wildman–Crippen LogP) is 3.52. The van der Waals surface area contributed by atoms with Gasteiger partial charge in [0.1, 0.15) is 0 Å². The van der Waals surface area contributed by atoms with E-state index in [9.17, 15) is 4.79 Å². The molecule has 0 radical (unpaired) electrons. The highest BCUT2D eigenvalue weighted by atomic mass is 32.1. The van der Waals surface area contributed by atoms with Crippen LogP contribution < -0.4 is 16.4 Å². The molecule has 1 amide bonds. The summed E-state index contributed by atoms with van der Waals surface area (Å²) in [5, 5.41) is 6.35. The molecule has 1 aliphatic heterocycles. The number of hydrogen-bond acceptors (Lipinski definition) is 8. The third kappa shape index (κ3) is 5.36. The Kier molecular flexibility index (Phi) is 6.43. The molecule has 0 aliphatic carbocycles. The first-order valence-corrected chi connectivity index (χ1v) is 11.2. The molecule has 3 heterocycles. The second-order valence-corrected chi connectivity index (χ2v) is 9.02.